The van der Waals surface area contributed by atoms with Crippen molar-refractivity contribution in [1.82, 2.24) is 9.80 Å². The van der Waals surface area contributed by atoms with Crippen LogP contribution in [0.3, 0.4) is 0 Å². The molecule has 4 rings (SSSR count). The topological polar surface area (TPSA) is 51.2 Å². The summed E-state index contributed by atoms with van der Waals surface area (Å²) in [4.78, 5) is 17.3. The summed E-state index contributed by atoms with van der Waals surface area (Å²) in [5.41, 5.74) is 3.28. The first-order valence-electron chi connectivity index (χ1n) is 12.3. The van der Waals surface area contributed by atoms with Gasteiger partial charge in [0.1, 0.15) is 17.2 Å². The molecule has 0 saturated carbocycles. The normalized spacial score (nSPS) is 14.3. The Morgan fingerprint density at radius 2 is 1.39 bits per heavy atom. The summed E-state index contributed by atoms with van der Waals surface area (Å²) >= 11 is 0. The van der Waals surface area contributed by atoms with Gasteiger partial charge in [-0.05, 0) is 54.5 Å². The predicted molar refractivity (Wildman–Crippen MR) is 143 cm³/mol. The first-order chi connectivity index (χ1) is 17.6. The number of hydrogen-bond acceptors (Lipinski definition) is 5. The first-order valence-corrected chi connectivity index (χ1v) is 12.3. The number of rotatable bonds is 9. The average molecular weight is 487 g/mol. The quantitative estimate of drug-likeness (QED) is 0.396. The van der Waals surface area contributed by atoms with Gasteiger partial charge < -0.3 is 19.1 Å². The molecule has 1 amide bonds. The van der Waals surface area contributed by atoms with Gasteiger partial charge in [0.05, 0.1) is 26.9 Å². The number of hydrogen-bond donors (Lipinski definition) is 0. The van der Waals surface area contributed by atoms with Crippen LogP contribution in [-0.4, -0.2) is 62.7 Å². The Morgan fingerprint density at radius 1 is 0.833 bits per heavy atom. The summed E-state index contributed by atoms with van der Waals surface area (Å²) in [6.07, 6.45) is 3.50. The lowest BCUT2D eigenvalue weighted by Crippen LogP contribution is -2.49. The third kappa shape index (κ3) is 6.07. The maximum Gasteiger partial charge on any atom is 0.246 e. The summed E-state index contributed by atoms with van der Waals surface area (Å²) in [5, 5.41) is 0. The number of amides is 1. The van der Waals surface area contributed by atoms with Crippen LogP contribution in [0.25, 0.3) is 6.08 Å². The van der Waals surface area contributed by atoms with Crippen LogP contribution in [0.1, 0.15) is 29.7 Å². The molecule has 0 bridgehead atoms. The zero-order valence-corrected chi connectivity index (χ0v) is 21.2. The highest BCUT2D eigenvalue weighted by Crippen LogP contribution is 2.32. The summed E-state index contributed by atoms with van der Waals surface area (Å²) in [5.74, 6) is 2.47. The molecule has 6 heteroatoms. The fourth-order valence-corrected chi connectivity index (χ4v) is 4.56. The van der Waals surface area contributed by atoms with Crippen molar-refractivity contribution < 1.29 is 19.0 Å². The molecule has 0 aliphatic carbocycles. The van der Waals surface area contributed by atoms with Crippen molar-refractivity contribution in [3.05, 3.63) is 95.6 Å². The molecule has 0 aromatic heterocycles. The molecule has 0 unspecified atom stereocenters. The van der Waals surface area contributed by atoms with E-state index in [1.165, 1.54) is 11.1 Å². The van der Waals surface area contributed by atoms with Gasteiger partial charge in [-0.15, -0.1) is 0 Å². The van der Waals surface area contributed by atoms with Gasteiger partial charge in [-0.1, -0.05) is 42.5 Å². The van der Waals surface area contributed by atoms with Crippen LogP contribution < -0.4 is 14.2 Å². The molecule has 1 fully saturated rings. The highest BCUT2D eigenvalue weighted by molar-refractivity contribution is 5.92. The van der Waals surface area contributed by atoms with Crippen molar-refractivity contribution in [3.63, 3.8) is 0 Å². The van der Waals surface area contributed by atoms with Crippen LogP contribution >= 0.6 is 0 Å². The van der Waals surface area contributed by atoms with Crippen LogP contribution in [0.5, 0.6) is 17.2 Å². The minimum atomic E-state index is 0.0198. The van der Waals surface area contributed by atoms with E-state index in [2.05, 4.69) is 29.2 Å². The summed E-state index contributed by atoms with van der Waals surface area (Å²) in [6.45, 7) is 5.43. The molecule has 0 N–H and O–H groups in total. The minimum absolute atomic E-state index is 0.0198. The molecule has 6 nitrogen and oxygen atoms in total. The summed E-state index contributed by atoms with van der Waals surface area (Å²) < 4.78 is 16.4. The standard InChI is InChI=1S/C30H34N2O4/c1-4-36-28-8-6-5-7-23(28)13-18-29(33)31-19-21-32(22-20-31)30(24-9-14-26(34-2)15-10-24)25-11-16-27(35-3)17-12-25/h5-18,30H,4,19-22H2,1-3H3/b18-13+. The Morgan fingerprint density at radius 3 is 1.92 bits per heavy atom. The second-order valence-electron chi connectivity index (χ2n) is 8.61. The van der Waals surface area contributed by atoms with E-state index in [9.17, 15) is 4.79 Å². The number of para-hydroxylation sites is 1. The SMILES string of the molecule is CCOc1ccccc1/C=C/C(=O)N1CCN(C(c2ccc(OC)cc2)c2ccc(OC)cc2)CC1. The molecule has 0 radical (unpaired) electrons. The van der Waals surface area contributed by atoms with E-state index in [1.807, 2.05) is 66.4 Å². The molecule has 1 heterocycles. The molecule has 36 heavy (non-hydrogen) atoms. The molecule has 0 atom stereocenters. The van der Waals surface area contributed by atoms with E-state index in [-0.39, 0.29) is 11.9 Å². The molecular formula is C30H34N2O4. The minimum Gasteiger partial charge on any atom is -0.497 e. The van der Waals surface area contributed by atoms with E-state index in [4.69, 9.17) is 14.2 Å². The number of piperazine rings is 1. The van der Waals surface area contributed by atoms with E-state index < -0.39 is 0 Å². The Bertz CT molecular complexity index is 1100. The van der Waals surface area contributed by atoms with Gasteiger partial charge in [-0.3, -0.25) is 9.69 Å². The van der Waals surface area contributed by atoms with Crippen LogP contribution in [0.15, 0.2) is 78.9 Å². The number of methoxy groups -OCH3 is 2. The van der Waals surface area contributed by atoms with Gasteiger partial charge in [0.2, 0.25) is 5.91 Å². The van der Waals surface area contributed by atoms with E-state index >= 15 is 0 Å². The molecule has 1 aliphatic rings. The van der Waals surface area contributed by atoms with Crippen LogP contribution in [-0.2, 0) is 4.79 Å². The Balaban J connectivity index is 1.47. The average Bonchev–Trinajstić information content (AvgIpc) is 2.94. The fraction of sp³-hybridized carbons (Fsp3) is 0.300. The van der Waals surface area contributed by atoms with Crippen molar-refractivity contribution in [1.29, 1.82) is 0 Å². The van der Waals surface area contributed by atoms with E-state index in [1.54, 1.807) is 20.3 Å². The zero-order valence-electron chi connectivity index (χ0n) is 21.2. The smallest absolute Gasteiger partial charge is 0.246 e. The van der Waals surface area contributed by atoms with Crippen LogP contribution in [0.4, 0.5) is 0 Å². The van der Waals surface area contributed by atoms with Crippen molar-refractivity contribution in [2.75, 3.05) is 47.0 Å². The fourth-order valence-electron chi connectivity index (χ4n) is 4.56. The Hall–Kier alpha value is -3.77. The monoisotopic (exact) mass is 486 g/mol. The van der Waals surface area contributed by atoms with Gasteiger partial charge in [-0.25, -0.2) is 0 Å². The lowest BCUT2D eigenvalue weighted by Gasteiger charge is -2.39. The molecule has 1 aliphatic heterocycles. The molecule has 188 valence electrons. The van der Waals surface area contributed by atoms with Crippen molar-refractivity contribution >= 4 is 12.0 Å². The van der Waals surface area contributed by atoms with Gasteiger partial charge in [0, 0.05) is 37.8 Å². The molecule has 1 saturated heterocycles. The van der Waals surface area contributed by atoms with Crippen molar-refractivity contribution in [3.8, 4) is 17.2 Å². The third-order valence-electron chi connectivity index (χ3n) is 6.48. The zero-order chi connectivity index (χ0) is 25.3. The van der Waals surface area contributed by atoms with Gasteiger partial charge in [0.15, 0.2) is 0 Å². The van der Waals surface area contributed by atoms with E-state index in [0.717, 1.165) is 35.9 Å². The van der Waals surface area contributed by atoms with Gasteiger partial charge in [0.25, 0.3) is 0 Å². The number of nitrogens with zero attached hydrogens (tertiary/aromatic N) is 2. The summed E-state index contributed by atoms with van der Waals surface area (Å²) in [6, 6.07) is 24.3. The van der Waals surface area contributed by atoms with E-state index in [0.29, 0.717) is 19.7 Å². The van der Waals surface area contributed by atoms with Crippen molar-refractivity contribution in [2.45, 2.75) is 13.0 Å². The Kier molecular flexibility index (Phi) is 8.63. The third-order valence-corrected chi connectivity index (χ3v) is 6.48. The lowest BCUT2D eigenvalue weighted by molar-refractivity contribution is -0.127. The highest BCUT2D eigenvalue weighted by atomic mass is 16.5. The van der Waals surface area contributed by atoms with Gasteiger partial charge >= 0.3 is 0 Å². The first kappa shape index (κ1) is 25.3. The second kappa shape index (κ2) is 12.3. The van der Waals surface area contributed by atoms with Crippen LogP contribution in [0, 0.1) is 0 Å². The molecule has 3 aromatic rings. The molecule has 3 aromatic carbocycles. The number of ether oxygens (including phenoxy) is 3. The highest BCUT2D eigenvalue weighted by Gasteiger charge is 2.27. The van der Waals surface area contributed by atoms with Crippen LogP contribution in [0.2, 0.25) is 0 Å². The maximum atomic E-state index is 13.0. The lowest BCUT2D eigenvalue weighted by atomic mass is 9.96. The number of carbonyl (C=O) groups excluding carboxylic acids is 1. The Labute approximate surface area is 213 Å². The second-order valence-corrected chi connectivity index (χ2v) is 8.61. The largest absolute Gasteiger partial charge is 0.497 e. The van der Waals surface area contributed by atoms with Crippen molar-refractivity contribution in [2.24, 2.45) is 0 Å². The predicted octanol–water partition coefficient (Wildman–Crippen LogP) is 5.05. The number of benzene rings is 3. The molecule has 0 spiro atoms. The van der Waals surface area contributed by atoms with Gasteiger partial charge in [-0.2, -0.15) is 0 Å². The maximum absolute atomic E-state index is 13.0. The summed E-state index contributed by atoms with van der Waals surface area (Å²) in [7, 11) is 3.35. The number of carbonyl (C=O) groups is 1. The molecular weight excluding hydrogens is 452 g/mol.